The van der Waals surface area contributed by atoms with Gasteiger partial charge in [0.25, 0.3) is 0 Å². The van der Waals surface area contributed by atoms with Crippen molar-refractivity contribution in [2.75, 3.05) is 40.4 Å². The van der Waals surface area contributed by atoms with Gasteiger partial charge in [0.15, 0.2) is 0 Å². The van der Waals surface area contributed by atoms with Crippen molar-refractivity contribution >= 4 is 0 Å². The van der Waals surface area contributed by atoms with Gasteiger partial charge in [-0.05, 0) is 37.2 Å². The third-order valence-electron chi connectivity index (χ3n) is 4.97. The number of hydrogen-bond acceptors (Lipinski definition) is 5. The van der Waals surface area contributed by atoms with Crippen molar-refractivity contribution in [1.82, 2.24) is 19.6 Å². The second kappa shape index (κ2) is 8.47. The summed E-state index contributed by atoms with van der Waals surface area (Å²) < 4.78 is 7.42. The Bertz CT molecular complexity index is 659. The normalized spacial score (nSPS) is 19.2. The summed E-state index contributed by atoms with van der Waals surface area (Å²) in [5.41, 5.74) is 2.43. The summed E-state index contributed by atoms with van der Waals surface area (Å²) in [5.74, 6) is 0.899. The quantitative estimate of drug-likeness (QED) is 0.824. The van der Waals surface area contributed by atoms with Gasteiger partial charge in [0.1, 0.15) is 5.75 Å². The summed E-state index contributed by atoms with van der Waals surface area (Å²) in [7, 11) is 3.86. The van der Waals surface area contributed by atoms with E-state index in [1.54, 1.807) is 13.3 Å². The number of piperazine rings is 1. The van der Waals surface area contributed by atoms with E-state index >= 15 is 0 Å². The summed E-state index contributed by atoms with van der Waals surface area (Å²) >= 11 is 0. The standard InChI is InChI=1S/C19H28N4O2/c1-21-9-10-22(15-18(21)6-11-24)13-16-4-5-19(25-2)17(12-16)14-23-8-3-7-20-23/h3-5,7-8,12,18,24H,6,9-11,13-15H2,1-2H3/t18-/m0/s1. The van der Waals surface area contributed by atoms with Crippen molar-refractivity contribution < 1.29 is 9.84 Å². The van der Waals surface area contributed by atoms with Crippen molar-refractivity contribution in [3.8, 4) is 5.75 Å². The van der Waals surface area contributed by atoms with Crippen LogP contribution < -0.4 is 4.74 Å². The molecule has 2 aromatic rings. The number of aromatic nitrogens is 2. The molecule has 1 N–H and O–H groups in total. The Morgan fingerprint density at radius 2 is 2.16 bits per heavy atom. The SMILES string of the molecule is COc1ccc(CN2CCN(C)[C@@H](CCO)C2)cc1Cn1cccn1. The number of benzene rings is 1. The fraction of sp³-hybridized carbons (Fsp3) is 0.526. The molecule has 136 valence electrons. The van der Waals surface area contributed by atoms with Gasteiger partial charge in [-0.15, -0.1) is 0 Å². The van der Waals surface area contributed by atoms with Gasteiger partial charge < -0.3 is 14.7 Å². The maximum absolute atomic E-state index is 9.26. The molecule has 1 aliphatic rings. The largest absolute Gasteiger partial charge is 0.496 e. The van der Waals surface area contributed by atoms with Crippen molar-refractivity contribution in [3.05, 3.63) is 47.8 Å². The van der Waals surface area contributed by atoms with E-state index in [1.807, 2.05) is 16.9 Å². The Labute approximate surface area is 149 Å². The van der Waals surface area contributed by atoms with Gasteiger partial charge in [0.2, 0.25) is 0 Å². The molecule has 6 heteroatoms. The summed E-state index contributed by atoms with van der Waals surface area (Å²) in [4.78, 5) is 4.82. The number of rotatable bonds is 7. The van der Waals surface area contributed by atoms with Crippen LogP contribution in [0, 0.1) is 0 Å². The summed E-state index contributed by atoms with van der Waals surface area (Å²) in [6, 6.07) is 8.78. The molecule has 1 aromatic heterocycles. The van der Waals surface area contributed by atoms with E-state index in [-0.39, 0.29) is 6.61 Å². The molecule has 1 atom stereocenters. The highest BCUT2D eigenvalue weighted by Gasteiger charge is 2.23. The molecule has 2 heterocycles. The Morgan fingerprint density at radius 3 is 2.88 bits per heavy atom. The number of aliphatic hydroxyl groups is 1. The molecule has 0 radical (unpaired) electrons. The molecule has 1 saturated heterocycles. The lowest BCUT2D eigenvalue weighted by Gasteiger charge is -2.39. The molecule has 3 rings (SSSR count). The van der Waals surface area contributed by atoms with Gasteiger partial charge in [0, 0.05) is 56.8 Å². The lowest BCUT2D eigenvalue weighted by Crippen LogP contribution is -2.51. The van der Waals surface area contributed by atoms with Gasteiger partial charge in [-0.25, -0.2) is 0 Å². The molecule has 0 aliphatic carbocycles. The van der Waals surface area contributed by atoms with Gasteiger partial charge in [-0.1, -0.05) is 6.07 Å². The van der Waals surface area contributed by atoms with Crippen LogP contribution >= 0.6 is 0 Å². The predicted octanol–water partition coefficient (Wildman–Crippen LogP) is 1.44. The number of nitrogens with zero attached hydrogens (tertiary/aromatic N) is 4. The molecule has 0 unspecified atom stereocenters. The Balaban J connectivity index is 1.70. The number of likely N-dealkylation sites (N-methyl/N-ethyl adjacent to an activating group) is 1. The first kappa shape index (κ1) is 17.9. The van der Waals surface area contributed by atoms with Crippen LogP contribution in [-0.2, 0) is 13.1 Å². The molecule has 0 bridgehead atoms. The fourth-order valence-electron chi connectivity index (χ4n) is 3.50. The van der Waals surface area contributed by atoms with Crippen molar-refractivity contribution in [3.63, 3.8) is 0 Å². The smallest absolute Gasteiger partial charge is 0.123 e. The number of ether oxygens (including phenoxy) is 1. The van der Waals surface area contributed by atoms with Gasteiger partial charge in [0.05, 0.1) is 13.7 Å². The van der Waals surface area contributed by atoms with E-state index in [0.29, 0.717) is 12.6 Å². The first-order valence-corrected chi connectivity index (χ1v) is 8.86. The third-order valence-corrected chi connectivity index (χ3v) is 4.97. The molecule has 0 amide bonds. The van der Waals surface area contributed by atoms with E-state index < -0.39 is 0 Å². The van der Waals surface area contributed by atoms with Crippen LogP contribution in [0.3, 0.4) is 0 Å². The summed E-state index contributed by atoms with van der Waals surface area (Å²) in [5, 5.41) is 13.6. The molecule has 25 heavy (non-hydrogen) atoms. The zero-order chi connectivity index (χ0) is 17.6. The minimum atomic E-state index is 0.249. The zero-order valence-electron chi connectivity index (χ0n) is 15.1. The zero-order valence-corrected chi connectivity index (χ0v) is 15.1. The molecule has 0 saturated carbocycles. The van der Waals surface area contributed by atoms with Crippen LogP contribution in [-0.4, -0.2) is 71.1 Å². The second-order valence-corrected chi connectivity index (χ2v) is 6.73. The first-order chi connectivity index (χ1) is 12.2. The molecular formula is C19H28N4O2. The first-order valence-electron chi connectivity index (χ1n) is 8.86. The molecular weight excluding hydrogens is 316 g/mol. The van der Waals surface area contributed by atoms with Gasteiger partial charge in [-0.3, -0.25) is 9.58 Å². The van der Waals surface area contributed by atoms with E-state index in [4.69, 9.17) is 4.74 Å². The summed E-state index contributed by atoms with van der Waals surface area (Å²) in [6.45, 7) is 4.97. The van der Waals surface area contributed by atoms with E-state index in [0.717, 1.165) is 43.9 Å². The molecule has 0 spiro atoms. The minimum Gasteiger partial charge on any atom is -0.496 e. The molecule has 1 aromatic carbocycles. The minimum absolute atomic E-state index is 0.249. The monoisotopic (exact) mass is 344 g/mol. The highest BCUT2D eigenvalue weighted by molar-refractivity contribution is 5.37. The Morgan fingerprint density at radius 1 is 1.28 bits per heavy atom. The topological polar surface area (TPSA) is 53.8 Å². The highest BCUT2D eigenvalue weighted by atomic mass is 16.5. The third kappa shape index (κ3) is 4.60. The highest BCUT2D eigenvalue weighted by Crippen LogP contribution is 2.22. The lowest BCUT2D eigenvalue weighted by molar-refractivity contribution is 0.0743. The Hall–Kier alpha value is -1.89. The van der Waals surface area contributed by atoms with Crippen LogP contribution in [0.2, 0.25) is 0 Å². The van der Waals surface area contributed by atoms with Crippen LogP contribution in [0.15, 0.2) is 36.7 Å². The maximum atomic E-state index is 9.26. The van der Waals surface area contributed by atoms with Crippen molar-refractivity contribution in [1.29, 1.82) is 0 Å². The molecule has 1 aliphatic heterocycles. The lowest BCUT2D eigenvalue weighted by atomic mass is 10.1. The van der Waals surface area contributed by atoms with Crippen molar-refractivity contribution in [2.24, 2.45) is 0 Å². The van der Waals surface area contributed by atoms with Crippen molar-refractivity contribution in [2.45, 2.75) is 25.6 Å². The summed E-state index contributed by atoms with van der Waals surface area (Å²) in [6.07, 6.45) is 4.59. The fourth-order valence-corrected chi connectivity index (χ4v) is 3.50. The van der Waals surface area contributed by atoms with Crippen LogP contribution in [0.1, 0.15) is 17.5 Å². The number of methoxy groups -OCH3 is 1. The number of aliphatic hydroxyl groups excluding tert-OH is 1. The van der Waals surface area contributed by atoms with Gasteiger partial charge in [-0.2, -0.15) is 5.10 Å². The molecule has 6 nitrogen and oxygen atoms in total. The van der Waals surface area contributed by atoms with Gasteiger partial charge >= 0.3 is 0 Å². The van der Waals surface area contributed by atoms with Crippen LogP contribution in [0.5, 0.6) is 5.75 Å². The van der Waals surface area contributed by atoms with Crippen LogP contribution in [0.4, 0.5) is 0 Å². The average Bonchev–Trinajstić information content (AvgIpc) is 3.11. The maximum Gasteiger partial charge on any atom is 0.123 e. The number of hydrogen-bond donors (Lipinski definition) is 1. The average molecular weight is 344 g/mol. The Kier molecular flexibility index (Phi) is 6.07. The van der Waals surface area contributed by atoms with E-state index in [2.05, 4.69) is 40.1 Å². The van der Waals surface area contributed by atoms with E-state index in [1.165, 1.54) is 5.56 Å². The molecule has 1 fully saturated rings. The predicted molar refractivity (Wildman–Crippen MR) is 97.7 cm³/mol. The van der Waals surface area contributed by atoms with E-state index in [9.17, 15) is 5.11 Å². The second-order valence-electron chi connectivity index (χ2n) is 6.73. The van der Waals surface area contributed by atoms with Crippen LogP contribution in [0.25, 0.3) is 0 Å².